The quantitative estimate of drug-likeness (QED) is 0.540. The van der Waals surface area contributed by atoms with Crippen LogP contribution in [0.25, 0.3) is 0 Å². The van der Waals surface area contributed by atoms with Crippen LogP contribution in [0.4, 0.5) is 18.0 Å². The molecule has 3 N–H and O–H groups in total. The zero-order chi connectivity index (χ0) is 18.9. The molecule has 2 aromatic rings. The average Bonchev–Trinajstić information content (AvgIpc) is 2.60. The number of urea groups is 1. The highest BCUT2D eigenvalue weighted by Crippen LogP contribution is 2.17. The van der Waals surface area contributed by atoms with Crippen molar-refractivity contribution in [3.8, 4) is 5.75 Å². The second-order valence-electron chi connectivity index (χ2n) is 5.16. The number of hydrogen-bond acceptors (Lipinski definition) is 3. The molecule has 0 aliphatic carbocycles. The first-order valence-electron chi connectivity index (χ1n) is 7.59. The molecule has 0 aliphatic heterocycles. The summed E-state index contributed by atoms with van der Waals surface area (Å²) in [5.74, 6) is -2.60. The lowest BCUT2D eigenvalue weighted by Gasteiger charge is -2.10. The van der Waals surface area contributed by atoms with E-state index in [0.29, 0.717) is 11.6 Å². The van der Waals surface area contributed by atoms with Gasteiger partial charge in [0.05, 0.1) is 13.0 Å². The van der Waals surface area contributed by atoms with Crippen LogP contribution in [0.15, 0.2) is 42.5 Å². The summed E-state index contributed by atoms with van der Waals surface area (Å²) in [6.07, 6.45) is -0.0342. The maximum Gasteiger partial charge on any atom is 0.333 e. The number of benzene rings is 2. The van der Waals surface area contributed by atoms with Gasteiger partial charge in [-0.3, -0.25) is 10.2 Å². The third-order valence-electron chi connectivity index (χ3n) is 3.13. The van der Waals surface area contributed by atoms with Crippen molar-refractivity contribution in [3.63, 3.8) is 0 Å². The van der Waals surface area contributed by atoms with E-state index < -0.39 is 29.4 Å². The molecular weight excluding hydrogens is 351 g/mol. The minimum atomic E-state index is -0.845. The predicted molar refractivity (Wildman–Crippen MR) is 86.6 cm³/mol. The first-order valence-corrected chi connectivity index (χ1v) is 7.59. The third kappa shape index (κ3) is 6.34. The van der Waals surface area contributed by atoms with Crippen molar-refractivity contribution < 1.29 is 27.5 Å². The standard InChI is InChI=1S/C17H16F3N3O3/c18-12-3-1-11(2-4-12)9-16(24)22-23-17(25)21-7-8-26-15-6-5-13(19)10-14(15)20/h1-6,10H,7-9H2,(H,22,24)(H2,21,23,25). The summed E-state index contributed by atoms with van der Waals surface area (Å²) in [5, 5.41) is 2.37. The highest BCUT2D eigenvalue weighted by Gasteiger charge is 2.07. The van der Waals surface area contributed by atoms with Crippen molar-refractivity contribution in [2.45, 2.75) is 6.42 Å². The summed E-state index contributed by atoms with van der Waals surface area (Å²) in [5.41, 5.74) is 4.90. The fraction of sp³-hybridized carbons (Fsp3) is 0.176. The Morgan fingerprint density at radius 1 is 0.923 bits per heavy atom. The largest absolute Gasteiger partial charge is 0.489 e. The molecule has 2 aromatic carbocycles. The predicted octanol–water partition coefficient (Wildman–Crippen LogP) is 2.06. The molecule has 0 aliphatic rings. The van der Waals surface area contributed by atoms with Gasteiger partial charge in [-0.15, -0.1) is 0 Å². The van der Waals surface area contributed by atoms with Crippen LogP contribution in [-0.2, 0) is 11.2 Å². The molecule has 0 aromatic heterocycles. The van der Waals surface area contributed by atoms with Crippen LogP contribution >= 0.6 is 0 Å². The van der Waals surface area contributed by atoms with Gasteiger partial charge in [0.25, 0.3) is 0 Å². The van der Waals surface area contributed by atoms with E-state index in [1.54, 1.807) is 0 Å². The zero-order valence-electron chi connectivity index (χ0n) is 13.5. The topological polar surface area (TPSA) is 79.5 Å². The van der Waals surface area contributed by atoms with Crippen molar-refractivity contribution in [2.75, 3.05) is 13.2 Å². The molecule has 2 rings (SSSR count). The molecule has 0 spiro atoms. The fourth-order valence-corrected chi connectivity index (χ4v) is 1.92. The van der Waals surface area contributed by atoms with Crippen molar-refractivity contribution >= 4 is 11.9 Å². The van der Waals surface area contributed by atoms with Gasteiger partial charge in [-0.2, -0.15) is 0 Å². The molecule has 9 heteroatoms. The molecule has 0 fully saturated rings. The Morgan fingerprint density at radius 2 is 1.62 bits per heavy atom. The number of nitrogens with one attached hydrogen (secondary N) is 3. The highest BCUT2D eigenvalue weighted by molar-refractivity contribution is 5.82. The summed E-state index contributed by atoms with van der Waals surface area (Å²) in [4.78, 5) is 23.1. The van der Waals surface area contributed by atoms with E-state index in [9.17, 15) is 22.8 Å². The van der Waals surface area contributed by atoms with E-state index in [1.807, 2.05) is 0 Å². The van der Waals surface area contributed by atoms with Gasteiger partial charge < -0.3 is 10.1 Å². The van der Waals surface area contributed by atoms with E-state index >= 15 is 0 Å². The lowest BCUT2D eigenvalue weighted by Crippen LogP contribution is -2.48. The number of hydrogen-bond donors (Lipinski definition) is 3. The Hall–Kier alpha value is -3.23. The van der Waals surface area contributed by atoms with Crippen molar-refractivity contribution in [1.82, 2.24) is 16.2 Å². The monoisotopic (exact) mass is 367 g/mol. The molecule has 0 saturated carbocycles. The molecule has 138 valence electrons. The van der Waals surface area contributed by atoms with E-state index in [4.69, 9.17) is 4.74 Å². The third-order valence-corrected chi connectivity index (χ3v) is 3.13. The summed E-state index contributed by atoms with van der Waals surface area (Å²) in [7, 11) is 0. The Labute approximate surface area is 147 Å². The summed E-state index contributed by atoms with van der Waals surface area (Å²) < 4.78 is 43.9. The summed E-state index contributed by atoms with van der Waals surface area (Å²) in [6.45, 7) is -0.0318. The first kappa shape index (κ1) is 19.1. The van der Waals surface area contributed by atoms with Crippen LogP contribution in [0.1, 0.15) is 5.56 Å². The number of amides is 3. The number of ether oxygens (including phenoxy) is 1. The van der Waals surface area contributed by atoms with E-state index in [-0.39, 0.29) is 25.3 Å². The van der Waals surface area contributed by atoms with Gasteiger partial charge in [-0.05, 0) is 29.8 Å². The van der Waals surface area contributed by atoms with Gasteiger partial charge in [0.15, 0.2) is 11.6 Å². The van der Waals surface area contributed by atoms with Gasteiger partial charge in [-0.25, -0.2) is 23.4 Å². The van der Waals surface area contributed by atoms with E-state index in [1.165, 1.54) is 24.3 Å². The maximum absolute atomic E-state index is 13.3. The van der Waals surface area contributed by atoms with Gasteiger partial charge in [-0.1, -0.05) is 12.1 Å². The molecule has 3 amide bonds. The minimum Gasteiger partial charge on any atom is -0.489 e. The molecule has 0 heterocycles. The number of rotatable bonds is 6. The zero-order valence-corrected chi connectivity index (χ0v) is 13.5. The maximum atomic E-state index is 13.3. The normalized spacial score (nSPS) is 10.1. The summed E-state index contributed by atoms with van der Waals surface area (Å²) in [6, 6.07) is 7.56. The first-order chi connectivity index (χ1) is 12.4. The number of hydrazine groups is 1. The van der Waals surface area contributed by atoms with Crippen molar-refractivity contribution in [1.29, 1.82) is 0 Å². The Balaban J connectivity index is 1.62. The van der Waals surface area contributed by atoms with Crippen molar-refractivity contribution in [3.05, 3.63) is 65.5 Å². The van der Waals surface area contributed by atoms with E-state index in [2.05, 4.69) is 16.2 Å². The Morgan fingerprint density at radius 3 is 2.31 bits per heavy atom. The van der Waals surface area contributed by atoms with Gasteiger partial charge in [0.1, 0.15) is 18.2 Å². The van der Waals surface area contributed by atoms with Gasteiger partial charge >= 0.3 is 6.03 Å². The second kappa shape index (κ2) is 9.30. The SMILES string of the molecule is O=C(Cc1ccc(F)cc1)NNC(=O)NCCOc1ccc(F)cc1F. The molecule has 0 unspecified atom stereocenters. The average molecular weight is 367 g/mol. The molecule has 26 heavy (non-hydrogen) atoms. The molecule has 6 nitrogen and oxygen atoms in total. The summed E-state index contributed by atoms with van der Waals surface area (Å²) >= 11 is 0. The Kier molecular flexibility index (Phi) is 6.84. The number of carbonyl (C=O) groups excluding carboxylic acids is 2. The van der Waals surface area contributed by atoms with Crippen LogP contribution in [0.5, 0.6) is 5.75 Å². The smallest absolute Gasteiger partial charge is 0.333 e. The molecule has 0 saturated heterocycles. The van der Waals surface area contributed by atoms with Crippen LogP contribution in [0.2, 0.25) is 0 Å². The highest BCUT2D eigenvalue weighted by atomic mass is 19.1. The van der Waals surface area contributed by atoms with Crippen LogP contribution < -0.4 is 20.9 Å². The van der Waals surface area contributed by atoms with Gasteiger partial charge in [0.2, 0.25) is 5.91 Å². The molecular formula is C17H16F3N3O3. The fourth-order valence-electron chi connectivity index (χ4n) is 1.92. The van der Waals surface area contributed by atoms with Gasteiger partial charge in [0, 0.05) is 6.07 Å². The molecule has 0 atom stereocenters. The molecule has 0 radical (unpaired) electrons. The molecule has 0 bridgehead atoms. The lowest BCUT2D eigenvalue weighted by atomic mass is 10.1. The number of carbonyl (C=O) groups is 2. The van der Waals surface area contributed by atoms with Crippen molar-refractivity contribution in [2.24, 2.45) is 0 Å². The van der Waals surface area contributed by atoms with E-state index in [0.717, 1.165) is 12.1 Å². The lowest BCUT2D eigenvalue weighted by molar-refractivity contribution is -0.121. The Bertz CT molecular complexity index is 770. The minimum absolute atomic E-state index is 0.0243. The second-order valence-corrected chi connectivity index (χ2v) is 5.16. The van der Waals surface area contributed by atoms with Crippen LogP contribution in [-0.4, -0.2) is 25.1 Å². The van der Waals surface area contributed by atoms with Crippen LogP contribution in [0.3, 0.4) is 0 Å². The number of halogens is 3. The van der Waals surface area contributed by atoms with Crippen LogP contribution in [0, 0.1) is 17.5 Å².